The SMILES string of the molecule is CCC(NCCc1ccccc1C)C(=O)O. The second-order valence-electron chi connectivity index (χ2n) is 3.93. The average molecular weight is 221 g/mol. The number of benzene rings is 1. The Hall–Kier alpha value is -1.35. The highest BCUT2D eigenvalue weighted by molar-refractivity contribution is 5.73. The molecule has 16 heavy (non-hydrogen) atoms. The molecule has 0 aromatic heterocycles. The number of nitrogens with one attached hydrogen (secondary N) is 1. The number of hydrogen-bond donors (Lipinski definition) is 2. The van der Waals surface area contributed by atoms with Gasteiger partial charge in [0.2, 0.25) is 0 Å². The molecule has 0 aliphatic carbocycles. The van der Waals surface area contributed by atoms with Crippen LogP contribution in [0.2, 0.25) is 0 Å². The van der Waals surface area contributed by atoms with Crippen LogP contribution in [-0.4, -0.2) is 23.7 Å². The molecule has 0 amide bonds. The topological polar surface area (TPSA) is 49.3 Å². The number of carboxylic acids is 1. The number of hydrogen-bond acceptors (Lipinski definition) is 2. The van der Waals surface area contributed by atoms with Crippen molar-refractivity contribution in [1.29, 1.82) is 0 Å². The van der Waals surface area contributed by atoms with E-state index in [4.69, 9.17) is 5.11 Å². The summed E-state index contributed by atoms with van der Waals surface area (Å²) in [5.74, 6) is -0.771. The van der Waals surface area contributed by atoms with Gasteiger partial charge in [0, 0.05) is 0 Å². The quantitative estimate of drug-likeness (QED) is 0.772. The van der Waals surface area contributed by atoms with Crippen LogP contribution >= 0.6 is 0 Å². The zero-order valence-electron chi connectivity index (χ0n) is 9.86. The molecule has 1 rings (SSSR count). The third-order valence-corrected chi connectivity index (χ3v) is 2.75. The monoisotopic (exact) mass is 221 g/mol. The van der Waals surface area contributed by atoms with Crippen LogP contribution in [0.4, 0.5) is 0 Å². The molecule has 1 aromatic rings. The number of carbonyl (C=O) groups is 1. The zero-order chi connectivity index (χ0) is 12.0. The molecule has 2 N–H and O–H groups in total. The maximum Gasteiger partial charge on any atom is 0.320 e. The molecule has 0 bridgehead atoms. The maximum atomic E-state index is 10.8. The summed E-state index contributed by atoms with van der Waals surface area (Å²) in [5.41, 5.74) is 2.53. The van der Waals surface area contributed by atoms with E-state index in [0.29, 0.717) is 13.0 Å². The Morgan fingerprint density at radius 3 is 2.69 bits per heavy atom. The third kappa shape index (κ3) is 3.66. The normalized spacial score (nSPS) is 12.4. The first-order valence-corrected chi connectivity index (χ1v) is 5.65. The molecule has 0 fully saturated rings. The highest BCUT2D eigenvalue weighted by Gasteiger charge is 2.13. The molecule has 88 valence electrons. The first kappa shape index (κ1) is 12.7. The highest BCUT2D eigenvalue weighted by Crippen LogP contribution is 2.07. The van der Waals surface area contributed by atoms with Gasteiger partial charge in [-0.3, -0.25) is 4.79 Å². The van der Waals surface area contributed by atoms with Gasteiger partial charge in [0.25, 0.3) is 0 Å². The molecule has 0 aliphatic heterocycles. The van der Waals surface area contributed by atoms with E-state index in [-0.39, 0.29) is 0 Å². The summed E-state index contributed by atoms with van der Waals surface area (Å²) < 4.78 is 0. The highest BCUT2D eigenvalue weighted by atomic mass is 16.4. The number of carboxylic acid groups (broad SMARTS) is 1. The average Bonchev–Trinajstić information content (AvgIpc) is 2.26. The Morgan fingerprint density at radius 1 is 1.44 bits per heavy atom. The molecule has 0 aliphatic rings. The van der Waals surface area contributed by atoms with Crippen LogP contribution in [0.1, 0.15) is 24.5 Å². The Kier molecular flexibility index (Phi) is 4.99. The Balaban J connectivity index is 2.41. The third-order valence-electron chi connectivity index (χ3n) is 2.75. The number of aryl methyl sites for hydroxylation is 1. The first-order valence-electron chi connectivity index (χ1n) is 5.65. The lowest BCUT2D eigenvalue weighted by Crippen LogP contribution is -2.37. The van der Waals surface area contributed by atoms with Gasteiger partial charge in [-0.2, -0.15) is 0 Å². The number of aliphatic carboxylic acids is 1. The van der Waals surface area contributed by atoms with E-state index >= 15 is 0 Å². The van der Waals surface area contributed by atoms with E-state index in [1.54, 1.807) is 0 Å². The molecular weight excluding hydrogens is 202 g/mol. The molecule has 0 saturated heterocycles. The summed E-state index contributed by atoms with van der Waals surface area (Å²) in [4.78, 5) is 10.8. The lowest BCUT2D eigenvalue weighted by atomic mass is 10.1. The minimum atomic E-state index is -0.771. The Morgan fingerprint density at radius 2 is 2.12 bits per heavy atom. The van der Waals surface area contributed by atoms with Crippen LogP contribution in [0.25, 0.3) is 0 Å². The van der Waals surface area contributed by atoms with Gasteiger partial charge in [0.15, 0.2) is 0 Å². The van der Waals surface area contributed by atoms with Crippen LogP contribution in [0.5, 0.6) is 0 Å². The van der Waals surface area contributed by atoms with Crippen molar-refractivity contribution in [3.05, 3.63) is 35.4 Å². The standard InChI is InChI=1S/C13H19NO2/c1-3-12(13(15)16)14-9-8-11-7-5-4-6-10(11)2/h4-7,12,14H,3,8-9H2,1-2H3,(H,15,16). The second-order valence-corrected chi connectivity index (χ2v) is 3.93. The van der Waals surface area contributed by atoms with Crippen molar-refractivity contribution in [2.24, 2.45) is 0 Å². The number of rotatable bonds is 6. The van der Waals surface area contributed by atoms with Crippen LogP contribution in [0.15, 0.2) is 24.3 Å². The van der Waals surface area contributed by atoms with E-state index < -0.39 is 12.0 Å². The summed E-state index contributed by atoms with van der Waals surface area (Å²) in [6.45, 7) is 4.65. The van der Waals surface area contributed by atoms with E-state index in [2.05, 4.69) is 24.4 Å². The van der Waals surface area contributed by atoms with Gasteiger partial charge in [-0.25, -0.2) is 0 Å². The molecule has 0 heterocycles. The maximum absolute atomic E-state index is 10.8. The van der Waals surface area contributed by atoms with Gasteiger partial charge in [0.1, 0.15) is 6.04 Å². The fraction of sp³-hybridized carbons (Fsp3) is 0.462. The molecule has 0 radical (unpaired) electrons. The van der Waals surface area contributed by atoms with Crippen LogP contribution < -0.4 is 5.32 Å². The van der Waals surface area contributed by atoms with Crippen molar-refractivity contribution >= 4 is 5.97 Å². The molecule has 0 saturated carbocycles. The van der Waals surface area contributed by atoms with Crippen molar-refractivity contribution in [3.63, 3.8) is 0 Å². The van der Waals surface area contributed by atoms with Crippen molar-refractivity contribution in [2.45, 2.75) is 32.7 Å². The summed E-state index contributed by atoms with van der Waals surface area (Å²) in [6, 6.07) is 7.75. The fourth-order valence-electron chi connectivity index (χ4n) is 1.68. The van der Waals surface area contributed by atoms with Crippen molar-refractivity contribution < 1.29 is 9.90 Å². The van der Waals surface area contributed by atoms with Gasteiger partial charge in [-0.05, 0) is 37.4 Å². The molecule has 1 unspecified atom stereocenters. The van der Waals surface area contributed by atoms with Crippen molar-refractivity contribution in [3.8, 4) is 0 Å². The summed E-state index contributed by atoms with van der Waals surface area (Å²) >= 11 is 0. The van der Waals surface area contributed by atoms with Crippen molar-refractivity contribution in [2.75, 3.05) is 6.54 Å². The molecule has 0 spiro atoms. The van der Waals surface area contributed by atoms with Crippen LogP contribution in [0, 0.1) is 6.92 Å². The van der Waals surface area contributed by atoms with E-state index in [1.807, 2.05) is 19.1 Å². The molecule has 3 nitrogen and oxygen atoms in total. The lowest BCUT2D eigenvalue weighted by molar-refractivity contribution is -0.139. The second kappa shape index (κ2) is 6.28. The van der Waals surface area contributed by atoms with Crippen LogP contribution in [-0.2, 0) is 11.2 Å². The van der Waals surface area contributed by atoms with Gasteiger partial charge in [-0.15, -0.1) is 0 Å². The molecular formula is C13H19NO2. The van der Waals surface area contributed by atoms with E-state index in [0.717, 1.165) is 6.42 Å². The van der Waals surface area contributed by atoms with Gasteiger partial charge < -0.3 is 10.4 Å². The largest absolute Gasteiger partial charge is 0.480 e. The smallest absolute Gasteiger partial charge is 0.320 e. The molecule has 3 heteroatoms. The predicted molar refractivity (Wildman–Crippen MR) is 64.6 cm³/mol. The van der Waals surface area contributed by atoms with E-state index in [9.17, 15) is 4.79 Å². The van der Waals surface area contributed by atoms with Gasteiger partial charge in [0.05, 0.1) is 0 Å². The predicted octanol–water partition coefficient (Wildman–Crippen LogP) is 1.99. The Bertz CT molecular complexity index is 350. The zero-order valence-corrected chi connectivity index (χ0v) is 9.86. The van der Waals surface area contributed by atoms with Gasteiger partial charge >= 0.3 is 5.97 Å². The summed E-state index contributed by atoms with van der Waals surface area (Å²) in [5, 5.41) is 11.9. The van der Waals surface area contributed by atoms with Crippen LogP contribution in [0.3, 0.4) is 0 Å². The minimum absolute atomic E-state index is 0.427. The van der Waals surface area contributed by atoms with Gasteiger partial charge in [-0.1, -0.05) is 31.2 Å². The molecule has 1 aromatic carbocycles. The fourth-order valence-corrected chi connectivity index (χ4v) is 1.68. The molecule has 1 atom stereocenters. The van der Waals surface area contributed by atoms with E-state index in [1.165, 1.54) is 11.1 Å². The Labute approximate surface area is 96.5 Å². The summed E-state index contributed by atoms with van der Waals surface area (Å²) in [7, 11) is 0. The summed E-state index contributed by atoms with van der Waals surface area (Å²) in [6.07, 6.45) is 1.49. The lowest BCUT2D eigenvalue weighted by Gasteiger charge is -2.12. The minimum Gasteiger partial charge on any atom is -0.480 e. The van der Waals surface area contributed by atoms with Crippen molar-refractivity contribution in [1.82, 2.24) is 5.32 Å². The first-order chi connectivity index (χ1) is 7.65.